The summed E-state index contributed by atoms with van der Waals surface area (Å²) in [5, 5.41) is 0. The van der Waals surface area contributed by atoms with Crippen molar-refractivity contribution in [2.75, 3.05) is 7.11 Å². The summed E-state index contributed by atoms with van der Waals surface area (Å²) in [4.78, 5) is 12.6. The minimum Gasteiger partial charge on any atom is -0.380 e. The summed E-state index contributed by atoms with van der Waals surface area (Å²) in [6.07, 6.45) is 3.49. The zero-order valence-corrected chi connectivity index (χ0v) is 9.14. The fourth-order valence-electron chi connectivity index (χ4n) is 1.48. The maximum atomic E-state index is 5.21. The van der Waals surface area contributed by atoms with Gasteiger partial charge < -0.3 is 9.30 Å². The highest BCUT2D eigenvalue weighted by Gasteiger charge is 2.09. The molecule has 0 aliphatic rings. The molecule has 0 radical (unpaired) electrons. The Balaban J connectivity index is 2.41. The van der Waals surface area contributed by atoms with Gasteiger partial charge in [0.15, 0.2) is 5.65 Å². The van der Waals surface area contributed by atoms with Crippen LogP contribution in [0.4, 0.5) is 0 Å². The van der Waals surface area contributed by atoms with Gasteiger partial charge in [-0.2, -0.15) is 0 Å². The van der Waals surface area contributed by atoms with E-state index >= 15 is 0 Å². The van der Waals surface area contributed by atoms with Crippen molar-refractivity contribution < 1.29 is 4.74 Å². The molecule has 2 aromatic heterocycles. The van der Waals surface area contributed by atoms with Crippen LogP contribution >= 0.6 is 0 Å². The Morgan fingerprint density at radius 2 is 2.20 bits per heavy atom. The summed E-state index contributed by atoms with van der Waals surface area (Å²) < 4.78 is 7.19. The second-order valence-corrected chi connectivity index (χ2v) is 3.57. The molecule has 0 saturated heterocycles. The lowest BCUT2D eigenvalue weighted by molar-refractivity contribution is 0.104. The monoisotopic (exact) mass is 206 g/mol. The van der Waals surface area contributed by atoms with Crippen LogP contribution in [0.5, 0.6) is 0 Å². The maximum absolute atomic E-state index is 5.21. The third kappa shape index (κ3) is 1.83. The second-order valence-electron chi connectivity index (χ2n) is 3.57. The van der Waals surface area contributed by atoms with Gasteiger partial charge in [-0.3, -0.25) is 0 Å². The summed E-state index contributed by atoms with van der Waals surface area (Å²) >= 11 is 0. The second kappa shape index (κ2) is 3.94. The summed E-state index contributed by atoms with van der Waals surface area (Å²) in [5.74, 6) is 0. The highest BCUT2D eigenvalue weighted by atomic mass is 16.5. The zero-order chi connectivity index (χ0) is 10.8. The number of fused-ring (bicyclic) bond motifs is 1. The van der Waals surface area contributed by atoms with Crippen LogP contribution in [0.25, 0.3) is 11.2 Å². The maximum Gasteiger partial charge on any atom is 0.163 e. The van der Waals surface area contributed by atoms with Crippen molar-refractivity contribution in [1.29, 1.82) is 0 Å². The van der Waals surface area contributed by atoms with E-state index in [-0.39, 0.29) is 6.10 Å². The van der Waals surface area contributed by atoms with Crippen LogP contribution in [-0.2, 0) is 11.3 Å². The Labute approximate surface area is 88.1 Å². The van der Waals surface area contributed by atoms with Crippen LogP contribution < -0.4 is 0 Å². The molecular formula is C10H14N4O. The van der Waals surface area contributed by atoms with E-state index < -0.39 is 0 Å². The molecule has 5 nitrogen and oxygen atoms in total. The van der Waals surface area contributed by atoms with Crippen LogP contribution in [0, 0.1) is 6.92 Å². The quantitative estimate of drug-likeness (QED) is 0.756. The van der Waals surface area contributed by atoms with Gasteiger partial charge >= 0.3 is 0 Å². The molecule has 15 heavy (non-hydrogen) atoms. The molecule has 0 amide bonds. The van der Waals surface area contributed by atoms with Gasteiger partial charge in [0.2, 0.25) is 0 Å². The molecule has 0 aliphatic carbocycles. The predicted octanol–water partition coefficient (Wildman–Crippen LogP) is 1.17. The van der Waals surface area contributed by atoms with E-state index in [0.717, 1.165) is 23.4 Å². The minimum absolute atomic E-state index is 0.151. The van der Waals surface area contributed by atoms with Crippen LogP contribution in [-0.4, -0.2) is 32.7 Å². The Morgan fingerprint density at radius 1 is 1.40 bits per heavy atom. The van der Waals surface area contributed by atoms with Gasteiger partial charge in [0.25, 0.3) is 0 Å². The smallest absolute Gasteiger partial charge is 0.163 e. The lowest BCUT2D eigenvalue weighted by atomic mass is 10.4. The number of ether oxygens (including phenoxy) is 1. The Morgan fingerprint density at radius 3 is 2.93 bits per heavy atom. The van der Waals surface area contributed by atoms with Crippen molar-refractivity contribution in [2.45, 2.75) is 26.5 Å². The molecule has 0 unspecified atom stereocenters. The summed E-state index contributed by atoms with van der Waals surface area (Å²) in [7, 11) is 1.70. The van der Waals surface area contributed by atoms with Gasteiger partial charge in [-0.1, -0.05) is 0 Å². The van der Waals surface area contributed by atoms with Crippen molar-refractivity contribution >= 4 is 11.2 Å². The first-order chi connectivity index (χ1) is 7.22. The number of aromatic nitrogens is 4. The van der Waals surface area contributed by atoms with Crippen molar-refractivity contribution in [3.63, 3.8) is 0 Å². The van der Waals surface area contributed by atoms with Gasteiger partial charge in [-0.15, -0.1) is 0 Å². The molecule has 80 valence electrons. The molecule has 0 bridgehead atoms. The standard InChI is InChI=1S/C10H14N4O/c1-7(15-3)4-14-6-13-9-8(2)11-5-12-10(9)14/h5-7H,4H2,1-3H3/t7-/m1/s1. The van der Waals surface area contributed by atoms with Crippen molar-refractivity contribution in [3.8, 4) is 0 Å². The summed E-state index contributed by atoms with van der Waals surface area (Å²) in [6.45, 7) is 4.70. The molecule has 0 N–H and O–H groups in total. The highest BCUT2D eigenvalue weighted by molar-refractivity contribution is 5.72. The molecule has 2 rings (SSSR count). The van der Waals surface area contributed by atoms with E-state index in [1.165, 1.54) is 0 Å². The molecule has 2 heterocycles. The zero-order valence-electron chi connectivity index (χ0n) is 9.14. The average molecular weight is 206 g/mol. The summed E-state index contributed by atoms with van der Waals surface area (Å²) in [6, 6.07) is 0. The van der Waals surface area contributed by atoms with E-state index in [1.54, 1.807) is 19.8 Å². The SMILES string of the molecule is CO[C@H](C)Cn1cnc2c(C)ncnc21. The lowest BCUT2D eigenvalue weighted by Gasteiger charge is -2.09. The van der Waals surface area contributed by atoms with Gasteiger partial charge in [0, 0.05) is 7.11 Å². The van der Waals surface area contributed by atoms with Gasteiger partial charge in [-0.05, 0) is 13.8 Å². The molecule has 0 aliphatic heterocycles. The summed E-state index contributed by atoms with van der Waals surface area (Å²) in [5.41, 5.74) is 2.64. The number of nitrogens with zero attached hydrogens (tertiary/aromatic N) is 4. The molecule has 5 heteroatoms. The first-order valence-electron chi connectivity index (χ1n) is 4.87. The van der Waals surface area contributed by atoms with Gasteiger partial charge in [0.1, 0.15) is 11.8 Å². The normalized spacial score (nSPS) is 13.3. The number of hydrogen-bond acceptors (Lipinski definition) is 4. The Hall–Kier alpha value is -1.49. The number of aryl methyl sites for hydroxylation is 1. The molecule has 1 atom stereocenters. The molecule has 2 aromatic rings. The van der Waals surface area contributed by atoms with Gasteiger partial charge in [-0.25, -0.2) is 15.0 Å². The average Bonchev–Trinajstić information content (AvgIpc) is 2.63. The lowest BCUT2D eigenvalue weighted by Crippen LogP contribution is -2.14. The fraction of sp³-hybridized carbons (Fsp3) is 0.500. The topological polar surface area (TPSA) is 52.8 Å². The Kier molecular flexibility index (Phi) is 2.64. The van der Waals surface area contributed by atoms with Crippen LogP contribution in [0.15, 0.2) is 12.7 Å². The van der Waals surface area contributed by atoms with E-state index in [4.69, 9.17) is 4.74 Å². The van der Waals surface area contributed by atoms with Gasteiger partial charge in [0.05, 0.1) is 24.7 Å². The van der Waals surface area contributed by atoms with Crippen molar-refractivity contribution in [1.82, 2.24) is 19.5 Å². The van der Waals surface area contributed by atoms with Crippen molar-refractivity contribution in [3.05, 3.63) is 18.3 Å². The Bertz CT molecular complexity index is 465. The molecule has 0 spiro atoms. The first kappa shape index (κ1) is 10.0. The largest absolute Gasteiger partial charge is 0.380 e. The third-order valence-electron chi connectivity index (χ3n) is 2.44. The third-order valence-corrected chi connectivity index (χ3v) is 2.44. The first-order valence-corrected chi connectivity index (χ1v) is 4.87. The minimum atomic E-state index is 0.151. The number of hydrogen-bond donors (Lipinski definition) is 0. The number of rotatable bonds is 3. The van der Waals surface area contributed by atoms with E-state index in [2.05, 4.69) is 15.0 Å². The van der Waals surface area contributed by atoms with E-state index in [9.17, 15) is 0 Å². The molecule has 0 aromatic carbocycles. The van der Waals surface area contributed by atoms with Crippen LogP contribution in [0.3, 0.4) is 0 Å². The number of methoxy groups -OCH3 is 1. The molecule has 0 saturated carbocycles. The van der Waals surface area contributed by atoms with Crippen LogP contribution in [0.2, 0.25) is 0 Å². The van der Waals surface area contributed by atoms with Crippen LogP contribution in [0.1, 0.15) is 12.6 Å². The number of imidazole rings is 1. The fourth-order valence-corrected chi connectivity index (χ4v) is 1.48. The van der Waals surface area contributed by atoms with E-state index in [1.807, 2.05) is 18.4 Å². The van der Waals surface area contributed by atoms with E-state index in [0.29, 0.717) is 0 Å². The predicted molar refractivity (Wildman–Crippen MR) is 56.5 cm³/mol. The van der Waals surface area contributed by atoms with Crippen molar-refractivity contribution in [2.24, 2.45) is 0 Å². The molecule has 0 fully saturated rings. The molecular weight excluding hydrogens is 192 g/mol. The highest BCUT2D eigenvalue weighted by Crippen LogP contribution is 2.12.